The third kappa shape index (κ3) is 2.12. The van der Waals surface area contributed by atoms with Crippen LogP contribution in [0.5, 0.6) is 0 Å². The molecule has 0 aliphatic heterocycles. The van der Waals surface area contributed by atoms with Crippen LogP contribution in [0.25, 0.3) is 21.2 Å². The number of rotatable bonds is 2. The number of hydrogen-bond acceptors (Lipinski definition) is 3. The summed E-state index contributed by atoms with van der Waals surface area (Å²) in [6.07, 6.45) is 9.35. The number of pyridine rings is 2. The molecule has 0 saturated heterocycles. The fourth-order valence-corrected chi connectivity index (χ4v) is 3.93. The molecule has 1 aliphatic rings. The van der Waals surface area contributed by atoms with Gasteiger partial charge in [-0.15, -0.1) is 11.3 Å². The van der Waals surface area contributed by atoms with Gasteiger partial charge in [0.25, 0.3) is 5.56 Å². The minimum Gasteiger partial charge on any atom is -0.478 e. The van der Waals surface area contributed by atoms with Gasteiger partial charge in [-0.25, -0.2) is 4.79 Å². The molecule has 0 radical (unpaired) electrons. The maximum atomic E-state index is 12.9. The summed E-state index contributed by atoms with van der Waals surface area (Å²) in [4.78, 5) is 24.6. The predicted octanol–water partition coefficient (Wildman–Crippen LogP) is 3.95. The highest BCUT2D eigenvalue weighted by molar-refractivity contribution is 7.18. The summed E-state index contributed by atoms with van der Waals surface area (Å²) in [5.74, 6) is -1.02. The van der Waals surface area contributed by atoms with Gasteiger partial charge in [-0.3, -0.25) is 9.20 Å². The van der Waals surface area contributed by atoms with E-state index in [4.69, 9.17) is 0 Å². The van der Waals surface area contributed by atoms with Crippen LogP contribution in [-0.2, 0) is 0 Å². The Kier molecular flexibility index (Phi) is 3.16. The highest BCUT2D eigenvalue weighted by Gasteiger charge is 2.18. The summed E-state index contributed by atoms with van der Waals surface area (Å²) in [5, 5.41) is 12.5. The minimum atomic E-state index is -1.02. The number of aromatic nitrogens is 1. The number of thiophene rings is 1. The second-order valence-electron chi connectivity index (χ2n) is 5.46. The SMILES string of the molecule is O=C(O)c1cc(C2=CCCC=C2)c(=O)n2ccc3ccsc3c12. The smallest absolute Gasteiger partial charge is 0.337 e. The van der Waals surface area contributed by atoms with E-state index >= 15 is 0 Å². The number of nitrogens with zero attached hydrogens (tertiary/aromatic N) is 1. The maximum Gasteiger partial charge on any atom is 0.337 e. The first-order chi connectivity index (χ1) is 11.2. The van der Waals surface area contributed by atoms with Crippen LogP contribution in [0.15, 0.2) is 52.8 Å². The Morgan fingerprint density at radius 1 is 1.26 bits per heavy atom. The van der Waals surface area contributed by atoms with E-state index in [1.807, 2.05) is 35.7 Å². The van der Waals surface area contributed by atoms with Crippen LogP contribution in [0.3, 0.4) is 0 Å². The van der Waals surface area contributed by atoms with Crippen LogP contribution in [0.1, 0.15) is 28.8 Å². The molecule has 23 heavy (non-hydrogen) atoms. The highest BCUT2D eigenvalue weighted by atomic mass is 32.1. The molecule has 0 aromatic carbocycles. The van der Waals surface area contributed by atoms with Crippen molar-refractivity contribution in [2.75, 3.05) is 0 Å². The van der Waals surface area contributed by atoms with Crippen molar-refractivity contribution in [2.45, 2.75) is 12.8 Å². The van der Waals surface area contributed by atoms with Gasteiger partial charge in [0.1, 0.15) is 0 Å². The Morgan fingerprint density at radius 2 is 2.13 bits per heavy atom. The Labute approximate surface area is 135 Å². The van der Waals surface area contributed by atoms with Crippen LogP contribution in [0.2, 0.25) is 0 Å². The van der Waals surface area contributed by atoms with Crippen molar-refractivity contribution in [1.29, 1.82) is 0 Å². The van der Waals surface area contributed by atoms with Gasteiger partial charge in [-0.1, -0.05) is 18.2 Å². The summed E-state index contributed by atoms with van der Waals surface area (Å²) in [7, 11) is 0. The molecular formula is C18H13NO3S. The summed E-state index contributed by atoms with van der Waals surface area (Å²) in [5.41, 5.74) is 1.68. The van der Waals surface area contributed by atoms with Crippen molar-refractivity contribution in [3.05, 3.63) is 69.5 Å². The average Bonchev–Trinajstić information content (AvgIpc) is 3.04. The van der Waals surface area contributed by atoms with Crippen molar-refractivity contribution in [3.63, 3.8) is 0 Å². The molecule has 1 N–H and O–H groups in total. The number of aromatic carboxylic acids is 1. The molecule has 4 nitrogen and oxygen atoms in total. The zero-order valence-electron chi connectivity index (χ0n) is 12.2. The van der Waals surface area contributed by atoms with E-state index < -0.39 is 5.97 Å². The lowest BCUT2D eigenvalue weighted by Gasteiger charge is -2.12. The van der Waals surface area contributed by atoms with E-state index in [2.05, 4.69) is 0 Å². The van der Waals surface area contributed by atoms with Gasteiger partial charge in [-0.2, -0.15) is 0 Å². The van der Waals surface area contributed by atoms with Crippen molar-refractivity contribution in [1.82, 2.24) is 4.40 Å². The molecule has 0 saturated carbocycles. The van der Waals surface area contributed by atoms with Gasteiger partial charge in [0, 0.05) is 11.8 Å². The standard InChI is InChI=1S/C18H13NO3S/c20-17-13(11-4-2-1-3-5-11)10-14(18(21)22)15-16-12(7-9-23-16)6-8-19(15)17/h2,4-10H,1,3H2,(H,21,22). The first kappa shape index (κ1) is 14.0. The van der Waals surface area contributed by atoms with Gasteiger partial charge in [-0.05, 0) is 47.4 Å². The number of hydrogen-bond donors (Lipinski definition) is 1. The second kappa shape index (κ2) is 5.21. The second-order valence-corrected chi connectivity index (χ2v) is 6.38. The highest BCUT2D eigenvalue weighted by Crippen LogP contribution is 2.29. The molecule has 1 aliphatic carbocycles. The minimum absolute atomic E-state index is 0.160. The van der Waals surface area contributed by atoms with Crippen molar-refractivity contribution in [2.24, 2.45) is 0 Å². The van der Waals surface area contributed by atoms with E-state index in [0.29, 0.717) is 11.1 Å². The van der Waals surface area contributed by atoms with E-state index in [0.717, 1.165) is 28.5 Å². The number of carboxylic acids is 1. The van der Waals surface area contributed by atoms with Crippen LogP contribution in [0, 0.1) is 0 Å². The molecular weight excluding hydrogens is 310 g/mol. The summed E-state index contributed by atoms with van der Waals surface area (Å²) in [6, 6.07) is 5.29. The van der Waals surface area contributed by atoms with Crippen LogP contribution in [0.4, 0.5) is 0 Å². The first-order valence-corrected chi connectivity index (χ1v) is 8.21. The molecule has 5 heteroatoms. The third-order valence-electron chi connectivity index (χ3n) is 4.08. The molecule has 0 fully saturated rings. The molecule has 3 aromatic heterocycles. The van der Waals surface area contributed by atoms with E-state index in [1.165, 1.54) is 21.8 Å². The zero-order chi connectivity index (χ0) is 16.0. The molecule has 0 amide bonds. The Hall–Kier alpha value is -2.66. The monoisotopic (exact) mass is 323 g/mol. The van der Waals surface area contributed by atoms with Crippen LogP contribution >= 0.6 is 11.3 Å². The number of allylic oxidation sites excluding steroid dienone is 4. The molecule has 3 aromatic rings. The fraction of sp³-hybridized carbons (Fsp3) is 0.111. The first-order valence-electron chi connectivity index (χ1n) is 7.33. The molecule has 0 atom stereocenters. The topological polar surface area (TPSA) is 58.8 Å². The lowest BCUT2D eigenvalue weighted by molar-refractivity contribution is 0.0698. The number of fused-ring (bicyclic) bond motifs is 3. The number of carboxylic acid groups (broad SMARTS) is 1. The summed E-state index contributed by atoms with van der Waals surface area (Å²) >= 11 is 1.45. The Balaban J connectivity index is 2.16. The largest absolute Gasteiger partial charge is 0.478 e. The molecule has 4 rings (SSSR count). The van der Waals surface area contributed by atoms with Crippen LogP contribution < -0.4 is 5.56 Å². The van der Waals surface area contributed by atoms with Gasteiger partial charge < -0.3 is 5.11 Å². The predicted molar refractivity (Wildman–Crippen MR) is 92.4 cm³/mol. The van der Waals surface area contributed by atoms with Gasteiger partial charge in [0.15, 0.2) is 0 Å². The lowest BCUT2D eigenvalue weighted by Crippen LogP contribution is -2.20. The molecule has 3 heterocycles. The lowest BCUT2D eigenvalue weighted by atomic mass is 9.98. The molecule has 0 unspecified atom stereocenters. The van der Waals surface area contributed by atoms with E-state index in [9.17, 15) is 14.7 Å². The quantitative estimate of drug-likeness (QED) is 0.777. The number of carbonyl (C=O) groups is 1. The molecule has 0 bridgehead atoms. The van der Waals surface area contributed by atoms with Crippen LogP contribution in [-0.4, -0.2) is 15.5 Å². The molecule has 0 spiro atoms. The van der Waals surface area contributed by atoms with Gasteiger partial charge in [0.2, 0.25) is 0 Å². The molecule has 114 valence electrons. The maximum absolute atomic E-state index is 12.9. The Morgan fingerprint density at radius 3 is 2.87 bits per heavy atom. The van der Waals surface area contributed by atoms with Crippen molar-refractivity contribution < 1.29 is 9.90 Å². The Bertz CT molecular complexity index is 1070. The third-order valence-corrected chi connectivity index (χ3v) is 5.02. The normalized spacial score (nSPS) is 14.3. The van der Waals surface area contributed by atoms with Crippen molar-refractivity contribution in [3.8, 4) is 0 Å². The fourth-order valence-electron chi connectivity index (χ4n) is 2.99. The average molecular weight is 323 g/mol. The van der Waals surface area contributed by atoms with E-state index in [1.54, 1.807) is 6.20 Å². The van der Waals surface area contributed by atoms with E-state index in [-0.39, 0.29) is 11.1 Å². The van der Waals surface area contributed by atoms with Crippen molar-refractivity contribution >= 4 is 38.5 Å². The summed E-state index contributed by atoms with van der Waals surface area (Å²) in [6.45, 7) is 0. The zero-order valence-corrected chi connectivity index (χ0v) is 13.0. The van der Waals surface area contributed by atoms with Gasteiger partial charge in [0.05, 0.1) is 15.8 Å². The summed E-state index contributed by atoms with van der Waals surface area (Å²) < 4.78 is 2.28. The van der Waals surface area contributed by atoms with Gasteiger partial charge >= 0.3 is 5.97 Å².